The summed E-state index contributed by atoms with van der Waals surface area (Å²) >= 11 is 0. The van der Waals surface area contributed by atoms with Crippen molar-refractivity contribution in [2.24, 2.45) is 17.8 Å². The minimum atomic E-state index is -1.79. The molecule has 0 radical (unpaired) electrons. The Morgan fingerprint density at radius 3 is 1.81 bits per heavy atom. The molecule has 1 aromatic rings. The molecule has 1 saturated heterocycles. The van der Waals surface area contributed by atoms with Crippen LogP contribution < -0.4 is 26.6 Å². The minimum absolute atomic E-state index is 0.128. The van der Waals surface area contributed by atoms with Gasteiger partial charge in [-0.15, -0.1) is 0 Å². The van der Waals surface area contributed by atoms with Crippen LogP contribution in [0.1, 0.15) is 92.1 Å². The van der Waals surface area contributed by atoms with Crippen LogP contribution in [0.3, 0.4) is 0 Å². The molecule has 1 aliphatic rings. The van der Waals surface area contributed by atoms with E-state index in [1.807, 2.05) is 30.3 Å². The molecule has 0 unspecified atom stereocenters. The lowest BCUT2D eigenvalue weighted by molar-refractivity contribution is -0.146. The fourth-order valence-corrected chi connectivity index (χ4v) is 6.63. The first-order chi connectivity index (χ1) is 26.8. The molecular formula is C39H58N6O12. The van der Waals surface area contributed by atoms with Gasteiger partial charge >= 0.3 is 17.9 Å². The standard InChI is InChI=1S/C39H58N6O12/c1-7-12-26(39(56)57)41-36(53)29-17-25(16-15-24-13-10-9-11-14-24)20-45(29)38(55)32(21(3)4)43-37(54)33(22(5)8-2)44-35(52)28(19-31(49)50)42-34(51)27(18-30(47)48)40-23(6)46/h9-11,13-14,21-22,25-29,32-33H,7-8,12,15-20H2,1-6H3,(H,40,46)(H,41,53)(H,42,51)(H,43,54)(H,44,52)(H,47,48)(H,49,50)(H,56,57)/t22-,25+,26-,27-,28-,29-,32-,33-/m0/s1. The quantitative estimate of drug-likeness (QED) is 0.0764. The highest BCUT2D eigenvalue weighted by Gasteiger charge is 2.44. The van der Waals surface area contributed by atoms with Crippen molar-refractivity contribution in [3.05, 3.63) is 35.9 Å². The number of aryl methyl sites for hydroxylation is 1. The fourth-order valence-electron chi connectivity index (χ4n) is 6.63. The van der Waals surface area contributed by atoms with Crippen molar-refractivity contribution in [3.63, 3.8) is 0 Å². The predicted octanol–water partition coefficient (Wildman–Crippen LogP) is 0.816. The Bertz CT molecular complexity index is 1590. The number of carboxylic acid groups (broad SMARTS) is 3. The van der Waals surface area contributed by atoms with Crippen LogP contribution in [0.4, 0.5) is 0 Å². The van der Waals surface area contributed by atoms with Gasteiger partial charge < -0.3 is 46.8 Å². The lowest BCUT2D eigenvalue weighted by Crippen LogP contribution is -2.61. The van der Waals surface area contributed by atoms with Gasteiger partial charge in [0.25, 0.3) is 0 Å². The SMILES string of the molecule is CCC[C@H](NC(=O)[C@@H]1C[C@@H](CCc2ccccc2)CN1C(=O)[C@@H](NC(=O)[C@@H](NC(=O)[C@H](CC(=O)O)NC(=O)[C@H](CC(=O)O)NC(C)=O)[C@@H](C)CC)C(C)C)C(=O)O. The molecule has 0 bridgehead atoms. The number of carbonyl (C=O) groups excluding carboxylic acids is 6. The number of benzene rings is 1. The van der Waals surface area contributed by atoms with Gasteiger partial charge in [0.2, 0.25) is 35.4 Å². The molecule has 1 aliphatic heterocycles. The Morgan fingerprint density at radius 1 is 0.737 bits per heavy atom. The van der Waals surface area contributed by atoms with Gasteiger partial charge in [-0.1, -0.05) is 77.8 Å². The van der Waals surface area contributed by atoms with E-state index in [1.54, 1.807) is 34.6 Å². The van der Waals surface area contributed by atoms with Crippen molar-refractivity contribution >= 4 is 53.4 Å². The molecule has 2 rings (SSSR count). The van der Waals surface area contributed by atoms with Crippen LogP contribution in [-0.4, -0.2) is 116 Å². The summed E-state index contributed by atoms with van der Waals surface area (Å²) in [6, 6.07) is 1.50. The average molecular weight is 803 g/mol. The predicted molar refractivity (Wildman–Crippen MR) is 205 cm³/mol. The van der Waals surface area contributed by atoms with Crippen LogP contribution in [0.25, 0.3) is 0 Å². The Balaban J connectivity index is 2.38. The summed E-state index contributed by atoms with van der Waals surface area (Å²) in [6.45, 7) is 9.72. The van der Waals surface area contributed by atoms with Gasteiger partial charge in [-0.25, -0.2) is 4.79 Å². The van der Waals surface area contributed by atoms with Crippen LogP contribution >= 0.6 is 0 Å². The molecule has 0 spiro atoms. The fraction of sp³-hybridized carbons (Fsp3) is 0.615. The van der Waals surface area contributed by atoms with Crippen molar-refractivity contribution in [2.45, 2.75) is 129 Å². The third kappa shape index (κ3) is 15.1. The molecule has 1 fully saturated rings. The molecule has 18 heteroatoms. The topological polar surface area (TPSA) is 278 Å². The maximum atomic E-state index is 14.4. The summed E-state index contributed by atoms with van der Waals surface area (Å²) in [7, 11) is 0. The van der Waals surface area contributed by atoms with Crippen molar-refractivity contribution in [3.8, 4) is 0 Å². The van der Waals surface area contributed by atoms with Gasteiger partial charge in [-0.2, -0.15) is 0 Å². The Kier molecular flexibility index (Phi) is 19.1. The highest BCUT2D eigenvalue weighted by atomic mass is 16.4. The Labute approximate surface area is 332 Å². The zero-order valence-corrected chi connectivity index (χ0v) is 33.4. The van der Waals surface area contributed by atoms with E-state index in [2.05, 4.69) is 26.6 Å². The third-order valence-electron chi connectivity index (χ3n) is 9.96. The lowest BCUT2D eigenvalue weighted by atomic mass is 9.95. The van der Waals surface area contributed by atoms with E-state index >= 15 is 0 Å². The number of rotatable bonds is 23. The van der Waals surface area contributed by atoms with Crippen LogP contribution in [0.15, 0.2) is 30.3 Å². The zero-order chi connectivity index (χ0) is 43.0. The van der Waals surface area contributed by atoms with Crippen LogP contribution in [0.5, 0.6) is 0 Å². The number of carboxylic acids is 3. The van der Waals surface area contributed by atoms with E-state index in [9.17, 15) is 58.5 Å². The second kappa shape index (κ2) is 22.9. The maximum Gasteiger partial charge on any atom is 0.326 e. The number of carbonyl (C=O) groups is 9. The minimum Gasteiger partial charge on any atom is -0.481 e. The first-order valence-corrected chi connectivity index (χ1v) is 19.3. The summed E-state index contributed by atoms with van der Waals surface area (Å²) < 4.78 is 0. The second-order valence-electron chi connectivity index (χ2n) is 14.9. The molecule has 1 heterocycles. The number of amides is 6. The second-order valence-corrected chi connectivity index (χ2v) is 14.9. The number of hydrogen-bond acceptors (Lipinski definition) is 9. The molecule has 18 nitrogen and oxygen atoms in total. The van der Waals surface area contributed by atoms with Crippen LogP contribution in [-0.2, 0) is 49.6 Å². The third-order valence-corrected chi connectivity index (χ3v) is 9.96. The smallest absolute Gasteiger partial charge is 0.326 e. The molecule has 1 aromatic carbocycles. The van der Waals surface area contributed by atoms with Crippen molar-refractivity contribution in [2.75, 3.05) is 6.54 Å². The maximum absolute atomic E-state index is 14.4. The monoisotopic (exact) mass is 802 g/mol. The van der Waals surface area contributed by atoms with E-state index in [0.717, 1.165) is 12.5 Å². The number of hydrogen-bond donors (Lipinski definition) is 8. The summed E-state index contributed by atoms with van der Waals surface area (Å²) in [4.78, 5) is 116. The first kappa shape index (κ1) is 47.6. The van der Waals surface area contributed by atoms with Gasteiger partial charge in [0.05, 0.1) is 12.8 Å². The number of aliphatic carboxylic acids is 3. The highest BCUT2D eigenvalue weighted by Crippen LogP contribution is 2.29. The van der Waals surface area contributed by atoms with Gasteiger partial charge in [0.15, 0.2) is 0 Å². The van der Waals surface area contributed by atoms with Crippen molar-refractivity contribution < 1.29 is 58.5 Å². The van der Waals surface area contributed by atoms with E-state index in [4.69, 9.17) is 0 Å². The van der Waals surface area contributed by atoms with Gasteiger partial charge in [-0.05, 0) is 49.0 Å². The normalized spacial score (nSPS) is 18.2. The zero-order valence-electron chi connectivity index (χ0n) is 33.4. The molecule has 57 heavy (non-hydrogen) atoms. The Hall–Kier alpha value is -5.55. The molecule has 8 N–H and O–H groups in total. The van der Waals surface area contributed by atoms with Gasteiger partial charge in [0.1, 0.15) is 36.3 Å². The highest BCUT2D eigenvalue weighted by molar-refractivity contribution is 5.98. The molecule has 8 atom stereocenters. The number of nitrogens with one attached hydrogen (secondary N) is 5. The van der Waals surface area contributed by atoms with Crippen LogP contribution in [0.2, 0.25) is 0 Å². The van der Waals surface area contributed by atoms with E-state index in [-0.39, 0.29) is 25.3 Å². The Morgan fingerprint density at radius 2 is 1.30 bits per heavy atom. The number of likely N-dealkylation sites (tertiary alicyclic amines) is 1. The van der Waals surface area contributed by atoms with Crippen molar-refractivity contribution in [1.82, 2.24) is 31.5 Å². The molecular weight excluding hydrogens is 744 g/mol. The summed E-state index contributed by atoms with van der Waals surface area (Å²) in [5.41, 5.74) is 1.07. The van der Waals surface area contributed by atoms with Crippen molar-refractivity contribution in [1.29, 1.82) is 0 Å². The summed E-state index contributed by atoms with van der Waals surface area (Å²) in [5.74, 6) is -10.4. The largest absolute Gasteiger partial charge is 0.481 e. The van der Waals surface area contributed by atoms with E-state index in [1.165, 1.54) is 4.90 Å². The van der Waals surface area contributed by atoms with Crippen LogP contribution in [0, 0.1) is 17.8 Å². The molecule has 0 aliphatic carbocycles. The number of nitrogens with zero attached hydrogens (tertiary/aromatic N) is 1. The first-order valence-electron chi connectivity index (χ1n) is 19.3. The molecule has 316 valence electrons. The molecule has 6 amide bonds. The lowest BCUT2D eigenvalue weighted by Gasteiger charge is -2.33. The summed E-state index contributed by atoms with van der Waals surface area (Å²) in [5, 5.41) is 40.5. The van der Waals surface area contributed by atoms with E-state index < -0.39 is 114 Å². The van der Waals surface area contributed by atoms with Gasteiger partial charge in [-0.3, -0.25) is 38.4 Å². The molecule has 0 saturated carbocycles. The summed E-state index contributed by atoms with van der Waals surface area (Å²) in [6.07, 6.45) is 0.758. The molecule has 0 aromatic heterocycles. The van der Waals surface area contributed by atoms with Gasteiger partial charge in [0, 0.05) is 13.5 Å². The average Bonchev–Trinajstić information content (AvgIpc) is 3.58. The van der Waals surface area contributed by atoms with E-state index in [0.29, 0.717) is 25.7 Å².